The molecule has 0 spiro atoms. The van der Waals surface area contributed by atoms with Gasteiger partial charge in [-0.3, -0.25) is 4.57 Å². The third-order valence-electron chi connectivity index (χ3n) is 5.69. The fraction of sp³-hybridized carbons (Fsp3) is 0.476. The first-order valence-electron chi connectivity index (χ1n) is 10.6. The largest absolute Gasteiger partial charge is 0.387 e. The van der Waals surface area contributed by atoms with Gasteiger partial charge < -0.3 is 25.2 Å². The third-order valence-corrected chi connectivity index (χ3v) is 7.60. The number of aromatic nitrogens is 4. The summed E-state index contributed by atoms with van der Waals surface area (Å²) in [6, 6.07) is 6.36. The highest BCUT2D eigenvalue weighted by atomic mass is 32.2. The molecule has 3 aromatic rings. The summed E-state index contributed by atoms with van der Waals surface area (Å²) in [5.74, 6) is 0.155. The van der Waals surface area contributed by atoms with E-state index in [0.29, 0.717) is 21.3 Å². The zero-order valence-electron chi connectivity index (χ0n) is 17.7. The van der Waals surface area contributed by atoms with E-state index in [9.17, 15) is 14.6 Å². The highest BCUT2D eigenvalue weighted by Crippen LogP contribution is 2.35. The van der Waals surface area contributed by atoms with Crippen molar-refractivity contribution in [1.29, 1.82) is 0 Å². The van der Waals surface area contributed by atoms with E-state index in [-0.39, 0.29) is 17.4 Å². The molecular weight excluding hydrogens is 469 g/mol. The molecule has 3 heterocycles. The molecule has 1 saturated carbocycles. The normalized spacial score (nSPS) is 25.3. The minimum atomic E-state index is -1.19. The number of hydrogen-bond donors (Lipinski definition) is 4. The number of thioether (sulfide) groups is 1. The zero-order chi connectivity index (χ0) is 23.4. The number of halogens is 1. The van der Waals surface area contributed by atoms with Gasteiger partial charge in [-0.25, -0.2) is 19.3 Å². The number of imidazole rings is 1. The first-order chi connectivity index (χ1) is 16.0. The Morgan fingerprint density at radius 1 is 1.12 bits per heavy atom. The Hall–Kier alpha value is -1.96. The van der Waals surface area contributed by atoms with E-state index in [1.165, 1.54) is 60.7 Å². The van der Waals surface area contributed by atoms with Crippen molar-refractivity contribution in [3.63, 3.8) is 0 Å². The van der Waals surface area contributed by atoms with E-state index in [4.69, 9.17) is 15.0 Å². The average Bonchev–Trinajstić information content (AvgIpc) is 3.55. The fourth-order valence-electron chi connectivity index (χ4n) is 3.88. The highest BCUT2D eigenvalue weighted by molar-refractivity contribution is 7.99. The smallest absolute Gasteiger partial charge is 0.167 e. The van der Waals surface area contributed by atoms with Crippen molar-refractivity contribution in [2.45, 2.75) is 60.4 Å². The van der Waals surface area contributed by atoms with Gasteiger partial charge in [0.2, 0.25) is 0 Å². The lowest BCUT2D eigenvalue weighted by atomic mass is 10.1. The van der Waals surface area contributed by atoms with Crippen LogP contribution in [0.3, 0.4) is 0 Å². The number of fused-ring (bicyclic) bond motifs is 1. The van der Waals surface area contributed by atoms with Gasteiger partial charge in [0, 0.05) is 15.9 Å². The molecule has 2 fully saturated rings. The Morgan fingerprint density at radius 2 is 1.88 bits per heavy atom. The van der Waals surface area contributed by atoms with E-state index in [2.05, 4.69) is 15.0 Å². The van der Waals surface area contributed by atoms with Crippen molar-refractivity contribution in [3.05, 3.63) is 42.7 Å². The van der Waals surface area contributed by atoms with Crippen molar-refractivity contribution in [2.24, 2.45) is 0 Å². The monoisotopic (exact) mass is 495 g/mol. The minimum absolute atomic E-state index is 0.216. The Bertz CT molecular complexity index is 1070. The zero-order valence-corrected chi connectivity index (χ0v) is 19.3. The quantitative estimate of drug-likeness (QED) is 0.308. The van der Waals surface area contributed by atoms with E-state index in [0.717, 1.165) is 12.0 Å². The molecule has 0 bridgehead atoms. The summed E-state index contributed by atoms with van der Waals surface area (Å²) >= 11 is 2.25. The summed E-state index contributed by atoms with van der Waals surface area (Å²) in [6.07, 6.45) is 3.93. The van der Waals surface area contributed by atoms with E-state index < -0.39 is 24.5 Å². The van der Waals surface area contributed by atoms with Crippen LogP contribution >= 0.6 is 23.8 Å². The van der Waals surface area contributed by atoms with Crippen molar-refractivity contribution in [3.8, 4) is 0 Å². The van der Waals surface area contributed by atoms with Crippen LogP contribution in [0, 0.1) is 5.82 Å². The van der Waals surface area contributed by atoms with Gasteiger partial charge in [-0.1, -0.05) is 25.0 Å². The molecule has 9 nitrogen and oxygen atoms in total. The van der Waals surface area contributed by atoms with Crippen LogP contribution in [0.25, 0.3) is 11.2 Å². The molecule has 2 aromatic heterocycles. The minimum Gasteiger partial charge on any atom is -0.387 e. The van der Waals surface area contributed by atoms with Crippen LogP contribution in [0.1, 0.15) is 31.9 Å². The Morgan fingerprint density at radius 3 is 2.58 bits per heavy atom. The summed E-state index contributed by atoms with van der Waals surface area (Å²) in [4.78, 5) is 12.6. The lowest BCUT2D eigenvalue weighted by Crippen LogP contribution is -2.32. The number of anilines is 1. The van der Waals surface area contributed by atoms with Crippen molar-refractivity contribution < 1.29 is 23.9 Å². The number of rotatable bonds is 5. The Kier molecular flexibility index (Phi) is 8.04. The van der Waals surface area contributed by atoms with Gasteiger partial charge in [-0.2, -0.15) is 0 Å². The van der Waals surface area contributed by atoms with E-state index >= 15 is 0 Å². The lowest BCUT2D eigenvalue weighted by Gasteiger charge is -2.16. The maximum atomic E-state index is 13.7. The molecule has 1 aliphatic carbocycles. The van der Waals surface area contributed by atoms with Crippen LogP contribution in [-0.4, -0.2) is 63.6 Å². The number of hydrogen-bond acceptors (Lipinski definition) is 10. The van der Waals surface area contributed by atoms with Gasteiger partial charge in [0.15, 0.2) is 17.7 Å². The molecule has 178 valence electrons. The molecule has 1 unspecified atom stereocenters. The number of nitrogens with two attached hydrogens (primary N) is 1. The van der Waals surface area contributed by atoms with Gasteiger partial charge in [0.25, 0.3) is 0 Å². The SMILES string of the molecule is Nc1ncnc2c1ncn2[C@@H]1OC(CSc2ccccc2F)[C@@H](O)[C@H]1O.OSC1CCCC1. The highest BCUT2D eigenvalue weighted by Gasteiger charge is 2.44. The number of nitrogen functional groups attached to an aromatic ring is 1. The second-order valence-electron chi connectivity index (χ2n) is 7.88. The summed E-state index contributed by atoms with van der Waals surface area (Å²) < 4.78 is 29.5. The van der Waals surface area contributed by atoms with E-state index in [1.807, 2.05) is 0 Å². The van der Waals surface area contributed by atoms with Crippen molar-refractivity contribution in [2.75, 3.05) is 11.5 Å². The predicted molar refractivity (Wildman–Crippen MR) is 125 cm³/mol. The molecule has 2 aliphatic rings. The van der Waals surface area contributed by atoms with Gasteiger partial charge in [-0.15, -0.1) is 11.8 Å². The second-order valence-corrected chi connectivity index (χ2v) is 9.82. The van der Waals surface area contributed by atoms with Crippen LogP contribution in [0.2, 0.25) is 0 Å². The van der Waals surface area contributed by atoms with Crippen LogP contribution in [0.4, 0.5) is 10.2 Å². The molecule has 1 saturated heterocycles. The Balaban J connectivity index is 0.000000318. The molecule has 1 aliphatic heterocycles. The number of aliphatic hydroxyl groups is 2. The van der Waals surface area contributed by atoms with Crippen LogP contribution in [0.5, 0.6) is 0 Å². The molecule has 1 aromatic carbocycles. The van der Waals surface area contributed by atoms with Crippen LogP contribution < -0.4 is 5.73 Å². The lowest BCUT2D eigenvalue weighted by molar-refractivity contribution is -0.0289. The molecule has 5 N–H and O–H groups in total. The van der Waals surface area contributed by atoms with Gasteiger partial charge >= 0.3 is 0 Å². The third kappa shape index (κ3) is 5.42. The van der Waals surface area contributed by atoms with Crippen LogP contribution in [0.15, 0.2) is 41.8 Å². The van der Waals surface area contributed by atoms with Crippen molar-refractivity contribution in [1.82, 2.24) is 19.5 Å². The first kappa shape index (κ1) is 24.2. The fourth-order valence-corrected chi connectivity index (χ4v) is 5.42. The molecule has 12 heteroatoms. The van der Waals surface area contributed by atoms with Gasteiger partial charge in [0.05, 0.1) is 12.4 Å². The van der Waals surface area contributed by atoms with Crippen molar-refractivity contribution >= 4 is 40.8 Å². The van der Waals surface area contributed by atoms with Gasteiger partial charge in [0.1, 0.15) is 29.9 Å². The van der Waals surface area contributed by atoms with Gasteiger partial charge in [-0.05, 0) is 37.0 Å². The number of benzene rings is 1. The predicted octanol–water partition coefficient (Wildman–Crippen LogP) is 3.09. The standard InChI is InChI=1S/C16H16FN5O3S.C5H10OS/c17-8-3-1-2-4-10(8)26-5-9-12(23)13(24)16(25-9)22-7-21-11-14(18)19-6-20-15(11)22;6-7-5-3-1-2-4-5/h1-4,6-7,9,12-13,16,23-24H,5H2,(H2,18,19,20);5-6H,1-4H2/t9?,12-,13-,16-;/m1./s1. The topological polar surface area (TPSA) is 140 Å². The molecule has 33 heavy (non-hydrogen) atoms. The molecule has 4 atom stereocenters. The number of nitrogens with zero attached hydrogens (tertiary/aromatic N) is 4. The molecular formula is C21H26FN5O4S2. The second kappa shape index (κ2) is 11.0. The summed E-state index contributed by atoms with van der Waals surface area (Å²) in [5.41, 5.74) is 6.56. The molecule has 0 radical (unpaired) electrons. The Labute approximate surface area is 198 Å². The maximum Gasteiger partial charge on any atom is 0.167 e. The molecule has 0 amide bonds. The van der Waals surface area contributed by atoms with Crippen LogP contribution in [-0.2, 0) is 4.74 Å². The summed E-state index contributed by atoms with van der Waals surface area (Å²) in [5, 5.41) is 21.3. The maximum absolute atomic E-state index is 13.7. The molecule has 5 rings (SSSR count). The van der Waals surface area contributed by atoms with E-state index in [1.54, 1.807) is 18.2 Å². The average molecular weight is 496 g/mol. The summed E-state index contributed by atoms with van der Waals surface area (Å²) in [7, 11) is 0. The summed E-state index contributed by atoms with van der Waals surface area (Å²) in [6.45, 7) is 0. The number of ether oxygens (including phenoxy) is 1. The first-order valence-corrected chi connectivity index (χ1v) is 12.4. The number of aliphatic hydroxyl groups excluding tert-OH is 2.